The highest BCUT2D eigenvalue weighted by Crippen LogP contribution is 2.30. The van der Waals surface area contributed by atoms with E-state index in [1.54, 1.807) is 24.1 Å². The third-order valence-electron chi connectivity index (χ3n) is 3.64. The van der Waals surface area contributed by atoms with E-state index in [1.807, 2.05) is 0 Å². The van der Waals surface area contributed by atoms with Crippen LogP contribution in [0.2, 0.25) is 0 Å². The molecule has 0 N–H and O–H groups in total. The molecule has 0 heterocycles. The van der Waals surface area contributed by atoms with Crippen molar-refractivity contribution in [3.8, 4) is 0 Å². The van der Waals surface area contributed by atoms with Gasteiger partial charge in [0.15, 0.2) is 0 Å². The van der Waals surface area contributed by atoms with Gasteiger partial charge in [-0.2, -0.15) is 0 Å². The molecule has 19 heavy (non-hydrogen) atoms. The zero-order chi connectivity index (χ0) is 14.0. The molecule has 1 aliphatic carbocycles. The quantitative estimate of drug-likeness (QED) is 0.684. The molecule has 0 radical (unpaired) electrons. The molecular formula is C14H16Br2FNO. The number of carbonyl (C=O) groups is 1. The van der Waals surface area contributed by atoms with Gasteiger partial charge in [0, 0.05) is 22.4 Å². The number of hydrogen-bond donors (Lipinski definition) is 0. The minimum absolute atomic E-state index is 0.121. The summed E-state index contributed by atoms with van der Waals surface area (Å²) < 4.78 is 14.3. The van der Waals surface area contributed by atoms with E-state index in [0.717, 1.165) is 19.3 Å². The molecule has 0 aliphatic heterocycles. The Morgan fingerprint density at radius 2 is 2.05 bits per heavy atom. The zero-order valence-corrected chi connectivity index (χ0v) is 13.9. The largest absolute Gasteiger partial charge is 0.337 e. The average Bonchev–Trinajstić information content (AvgIpc) is 2.38. The van der Waals surface area contributed by atoms with Crippen LogP contribution >= 0.6 is 31.9 Å². The number of rotatable bonds is 2. The Bertz CT molecular complexity index is 460. The van der Waals surface area contributed by atoms with E-state index in [4.69, 9.17) is 0 Å². The fourth-order valence-corrected chi connectivity index (χ4v) is 3.99. The molecule has 0 spiro atoms. The molecule has 2 rings (SSSR count). The Labute approximate surface area is 129 Å². The van der Waals surface area contributed by atoms with Gasteiger partial charge in [0.2, 0.25) is 0 Å². The second-order valence-electron chi connectivity index (χ2n) is 4.88. The van der Waals surface area contributed by atoms with E-state index >= 15 is 0 Å². The average molecular weight is 393 g/mol. The molecule has 2 atom stereocenters. The maximum Gasteiger partial charge on any atom is 0.258 e. The summed E-state index contributed by atoms with van der Waals surface area (Å²) in [6.07, 6.45) is 4.31. The fourth-order valence-electron chi connectivity index (χ4n) is 2.53. The Kier molecular flexibility index (Phi) is 5.01. The van der Waals surface area contributed by atoms with E-state index in [2.05, 4.69) is 31.9 Å². The van der Waals surface area contributed by atoms with Gasteiger partial charge >= 0.3 is 0 Å². The lowest BCUT2D eigenvalue weighted by Crippen LogP contribution is -2.44. The van der Waals surface area contributed by atoms with Crippen LogP contribution in [0.25, 0.3) is 0 Å². The highest BCUT2D eigenvalue weighted by atomic mass is 79.9. The number of carbonyl (C=O) groups excluding carboxylic acids is 1. The number of halogens is 3. The summed E-state index contributed by atoms with van der Waals surface area (Å²) in [5.41, 5.74) is 0.121. The maximum absolute atomic E-state index is 13.8. The van der Waals surface area contributed by atoms with Gasteiger partial charge in [-0.25, -0.2) is 4.39 Å². The molecular weight excluding hydrogens is 377 g/mol. The Balaban J connectivity index is 2.23. The van der Waals surface area contributed by atoms with E-state index < -0.39 is 5.82 Å². The Morgan fingerprint density at radius 1 is 1.37 bits per heavy atom. The number of amides is 1. The first-order valence-electron chi connectivity index (χ1n) is 6.37. The SMILES string of the molecule is CN(C(=O)c1c(F)cccc1Br)C1CCCCC1Br. The number of nitrogens with zero attached hydrogens (tertiary/aromatic N) is 1. The van der Waals surface area contributed by atoms with Crippen LogP contribution in [0.1, 0.15) is 36.0 Å². The van der Waals surface area contributed by atoms with Crippen LogP contribution in [0.4, 0.5) is 4.39 Å². The lowest BCUT2D eigenvalue weighted by atomic mass is 9.94. The standard InChI is InChI=1S/C14H16Br2FNO/c1-18(12-8-3-2-5-9(12)15)14(19)13-10(16)6-4-7-11(13)17/h4,6-7,9,12H,2-3,5,8H2,1H3. The third-order valence-corrected chi connectivity index (χ3v) is 5.37. The first kappa shape index (κ1) is 15.0. The Hall–Kier alpha value is -0.420. The molecule has 2 unspecified atom stereocenters. The van der Waals surface area contributed by atoms with Crippen molar-refractivity contribution in [3.63, 3.8) is 0 Å². The summed E-state index contributed by atoms with van der Waals surface area (Å²) in [4.78, 5) is 14.4. The van der Waals surface area contributed by atoms with E-state index in [9.17, 15) is 9.18 Å². The summed E-state index contributed by atoms with van der Waals surface area (Å²) in [5, 5.41) is 0. The van der Waals surface area contributed by atoms with Crippen LogP contribution < -0.4 is 0 Å². The summed E-state index contributed by atoms with van der Waals surface area (Å²) in [7, 11) is 1.76. The first-order chi connectivity index (χ1) is 9.02. The molecule has 0 bridgehead atoms. The normalized spacial score (nSPS) is 23.2. The molecule has 1 amide bonds. The van der Waals surface area contributed by atoms with Crippen molar-refractivity contribution in [3.05, 3.63) is 34.1 Å². The second-order valence-corrected chi connectivity index (χ2v) is 6.91. The van der Waals surface area contributed by atoms with Crippen LogP contribution in [0.5, 0.6) is 0 Å². The summed E-state index contributed by atoms with van der Waals surface area (Å²) in [6, 6.07) is 4.73. The lowest BCUT2D eigenvalue weighted by molar-refractivity contribution is 0.0699. The number of hydrogen-bond acceptors (Lipinski definition) is 1. The molecule has 5 heteroatoms. The van der Waals surface area contributed by atoms with Crippen molar-refractivity contribution in [1.29, 1.82) is 0 Å². The fraction of sp³-hybridized carbons (Fsp3) is 0.500. The van der Waals surface area contributed by atoms with Gasteiger partial charge in [-0.05, 0) is 40.9 Å². The Morgan fingerprint density at radius 3 is 2.68 bits per heavy atom. The van der Waals surface area contributed by atoms with Gasteiger partial charge in [-0.15, -0.1) is 0 Å². The smallest absolute Gasteiger partial charge is 0.258 e. The second kappa shape index (κ2) is 6.35. The highest BCUT2D eigenvalue weighted by Gasteiger charge is 2.31. The van der Waals surface area contributed by atoms with Gasteiger partial charge in [0.1, 0.15) is 5.82 Å². The third kappa shape index (κ3) is 3.19. The highest BCUT2D eigenvalue weighted by molar-refractivity contribution is 9.10. The maximum atomic E-state index is 13.8. The molecule has 1 aliphatic rings. The van der Waals surface area contributed by atoms with E-state index in [0.29, 0.717) is 9.30 Å². The van der Waals surface area contributed by atoms with Crippen molar-refractivity contribution in [2.75, 3.05) is 7.05 Å². The molecule has 1 aromatic rings. The molecule has 1 aromatic carbocycles. The number of benzene rings is 1. The molecule has 0 saturated heterocycles. The van der Waals surface area contributed by atoms with Gasteiger partial charge in [0.25, 0.3) is 5.91 Å². The molecule has 104 valence electrons. The van der Waals surface area contributed by atoms with Gasteiger partial charge in [-0.3, -0.25) is 4.79 Å². The predicted octanol–water partition coefficient (Wildman–Crippen LogP) is 4.37. The van der Waals surface area contributed by atoms with Crippen molar-refractivity contribution in [1.82, 2.24) is 4.90 Å². The molecule has 0 aromatic heterocycles. The monoisotopic (exact) mass is 391 g/mol. The van der Waals surface area contributed by atoms with Crippen LogP contribution in [0, 0.1) is 5.82 Å². The van der Waals surface area contributed by atoms with Crippen LogP contribution in [-0.2, 0) is 0 Å². The van der Waals surface area contributed by atoms with E-state index in [1.165, 1.54) is 12.5 Å². The minimum Gasteiger partial charge on any atom is -0.337 e. The van der Waals surface area contributed by atoms with Crippen LogP contribution in [0.15, 0.2) is 22.7 Å². The van der Waals surface area contributed by atoms with E-state index in [-0.39, 0.29) is 17.5 Å². The van der Waals surface area contributed by atoms with Crippen LogP contribution in [-0.4, -0.2) is 28.7 Å². The zero-order valence-electron chi connectivity index (χ0n) is 10.7. The predicted molar refractivity (Wildman–Crippen MR) is 81.2 cm³/mol. The van der Waals surface area contributed by atoms with Crippen molar-refractivity contribution >= 4 is 37.8 Å². The lowest BCUT2D eigenvalue weighted by Gasteiger charge is -2.35. The summed E-state index contributed by atoms with van der Waals surface area (Å²) >= 11 is 6.89. The van der Waals surface area contributed by atoms with Gasteiger partial charge in [-0.1, -0.05) is 34.8 Å². The molecule has 1 saturated carbocycles. The van der Waals surface area contributed by atoms with Gasteiger partial charge < -0.3 is 4.90 Å². The van der Waals surface area contributed by atoms with Crippen molar-refractivity contribution in [2.24, 2.45) is 0 Å². The molecule has 1 fully saturated rings. The minimum atomic E-state index is -0.479. The van der Waals surface area contributed by atoms with Crippen molar-refractivity contribution < 1.29 is 9.18 Å². The number of alkyl halides is 1. The summed E-state index contributed by atoms with van der Waals surface area (Å²) in [5.74, 6) is -0.741. The molecule has 2 nitrogen and oxygen atoms in total. The van der Waals surface area contributed by atoms with Crippen molar-refractivity contribution in [2.45, 2.75) is 36.6 Å². The van der Waals surface area contributed by atoms with Gasteiger partial charge in [0.05, 0.1) is 5.56 Å². The summed E-state index contributed by atoms with van der Waals surface area (Å²) in [6.45, 7) is 0. The first-order valence-corrected chi connectivity index (χ1v) is 8.08. The topological polar surface area (TPSA) is 20.3 Å². The van der Waals surface area contributed by atoms with Crippen LogP contribution in [0.3, 0.4) is 0 Å².